The van der Waals surface area contributed by atoms with Gasteiger partial charge in [-0.1, -0.05) is 23.4 Å². The van der Waals surface area contributed by atoms with Crippen LogP contribution in [0.25, 0.3) is 10.9 Å². The maximum absolute atomic E-state index is 12.9. The molecule has 2 heterocycles. The van der Waals surface area contributed by atoms with Gasteiger partial charge < -0.3 is 4.42 Å². The molecule has 7 heteroatoms. The van der Waals surface area contributed by atoms with E-state index in [9.17, 15) is 13.2 Å². The number of hydrogen-bond acceptors (Lipinski definition) is 4. The first-order valence-corrected chi connectivity index (χ1v) is 7.43. The summed E-state index contributed by atoms with van der Waals surface area (Å²) in [4.78, 5) is 7.32. The van der Waals surface area contributed by atoms with Crippen molar-refractivity contribution in [3.8, 4) is 0 Å². The summed E-state index contributed by atoms with van der Waals surface area (Å²) in [5.41, 5.74) is 1.23. The molecular formula is C15H11F3N2OS. The molecule has 0 fully saturated rings. The molecule has 3 nitrogen and oxygen atoms in total. The van der Waals surface area contributed by atoms with Gasteiger partial charge in [0.2, 0.25) is 5.82 Å². The largest absolute Gasteiger partial charge is 0.468 e. The summed E-state index contributed by atoms with van der Waals surface area (Å²) in [5.74, 6) is -0.0339. The van der Waals surface area contributed by atoms with E-state index in [4.69, 9.17) is 4.42 Å². The average molecular weight is 324 g/mol. The predicted octanol–water partition coefficient (Wildman–Crippen LogP) is 4.84. The fraction of sp³-hybridized carbons (Fsp3) is 0.200. The van der Waals surface area contributed by atoms with Crippen molar-refractivity contribution in [1.82, 2.24) is 9.97 Å². The van der Waals surface area contributed by atoms with Gasteiger partial charge >= 0.3 is 6.18 Å². The van der Waals surface area contributed by atoms with Crippen molar-refractivity contribution in [3.63, 3.8) is 0 Å². The van der Waals surface area contributed by atoms with E-state index in [0.717, 1.165) is 5.56 Å². The summed E-state index contributed by atoms with van der Waals surface area (Å²) in [6.07, 6.45) is -3.04. The number of furan rings is 1. The number of hydrogen-bond donors (Lipinski definition) is 0. The predicted molar refractivity (Wildman–Crippen MR) is 77.5 cm³/mol. The van der Waals surface area contributed by atoms with Gasteiger partial charge in [0, 0.05) is 5.39 Å². The maximum Gasteiger partial charge on any atom is 0.451 e. The Hall–Kier alpha value is -2.02. The van der Waals surface area contributed by atoms with Crippen molar-refractivity contribution >= 4 is 22.7 Å². The van der Waals surface area contributed by atoms with Crippen molar-refractivity contribution in [3.05, 3.63) is 53.7 Å². The molecule has 0 bridgehead atoms. The van der Waals surface area contributed by atoms with Crippen molar-refractivity contribution in [2.45, 2.75) is 23.9 Å². The van der Waals surface area contributed by atoms with Crippen LogP contribution in [0.5, 0.6) is 0 Å². The van der Waals surface area contributed by atoms with Crippen LogP contribution in [-0.2, 0) is 11.9 Å². The van der Waals surface area contributed by atoms with E-state index >= 15 is 0 Å². The number of aromatic nitrogens is 2. The summed E-state index contributed by atoms with van der Waals surface area (Å²) in [6.45, 7) is 1.87. The Bertz CT molecular complexity index is 800. The topological polar surface area (TPSA) is 38.9 Å². The third-order valence-corrected chi connectivity index (χ3v) is 4.01. The Morgan fingerprint density at radius 3 is 2.68 bits per heavy atom. The highest BCUT2D eigenvalue weighted by molar-refractivity contribution is 7.98. The molecule has 2 aromatic heterocycles. The molecule has 0 aliphatic carbocycles. The lowest BCUT2D eigenvalue weighted by molar-refractivity contribution is -0.145. The first kappa shape index (κ1) is 14.9. The van der Waals surface area contributed by atoms with Gasteiger partial charge in [0.15, 0.2) is 0 Å². The summed E-state index contributed by atoms with van der Waals surface area (Å²) < 4.78 is 44.0. The number of aryl methyl sites for hydroxylation is 1. The molecule has 0 aliphatic heterocycles. The summed E-state index contributed by atoms with van der Waals surface area (Å²) in [7, 11) is 0. The molecule has 3 aromatic rings. The molecular weight excluding hydrogens is 313 g/mol. The van der Waals surface area contributed by atoms with Crippen LogP contribution in [-0.4, -0.2) is 9.97 Å². The highest BCUT2D eigenvalue weighted by Crippen LogP contribution is 2.33. The first-order chi connectivity index (χ1) is 10.4. The van der Waals surface area contributed by atoms with Crippen LogP contribution in [0.1, 0.15) is 17.1 Å². The highest BCUT2D eigenvalue weighted by atomic mass is 32.2. The molecule has 1 aromatic carbocycles. The minimum atomic E-state index is -4.57. The zero-order valence-corrected chi connectivity index (χ0v) is 12.3. The van der Waals surface area contributed by atoms with E-state index < -0.39 is 12.0 Å². The van der Waals surface area contributed by atoms with E-state index in [2.05, 4.69) is 9.97 Å². The molecule has 0 unspecified atom stereocenters. The van der Waals surface area contributed by atoms with Crippen LogP contribution in [0.2, 0.25) is 0 Å². The molecule has 3 rings (SSSR count). The average Bonchev–Trinajstić information content (AvgIpc) is 2.97. The number of alkyl halides is 3. The molecule has 0 radical (unpaired) electrons. The molecule has 0 atom stereocenters. The van der Waals surface area contributed by atoms with Gasteiger partial charge in [-0.15, -0.1) is 0 Å². The Morgan fingerprint density at radius 1 is 1.18 bits per heavy atom. The fourth-order valence-corrected chi connectivity index (χ4v) is 2.90. The van der Waals surface area contributed by atoms with E-state index in [1.807, 2.05) is 6.92 Å². The number of rotatable bonds is 3. The molecule has 0 saturated carbocycles. The quantitative estimate of drug-likeness (QED) is 0.510. The molecule has 0 saturated heterocycles. The van der Waals surface area contributed by atoms with Crippen LogP contribution < -0.4 is 0 Å². The van der Waals surface area contributed by atoms with E-state index in [1.165, 1.54) is 18.0 Å². The first-order valence-electron chi connectivity index (χ1n) is 6.44. The van der Waals surface area contributed by atoms with Crippen molar-refractivity contribution in [1.29, 1.82) is 0 Å². The number of benzene rings is 1. The van der Waals surface area contributed by atoms with Gasteiger partial charge in [0.25, 0.3) is 0 Å². The minimum absolute atomic E-state index is 0.287. The van der Waals surface area contributed by atoms with Crippen LogP contribution in [0.4, 0.5) is 13.2 Å². The highest BCUT2D eigenvalue weighted by Gasteiger charge is 2.35. The summed E-state index contributed by atoms with van der Waals surface area (Å²) in [6, 6.07) is 8.61. The normalized spacial score (nSPS) is 12.0. The third kappa shape index (κ3) is 3.09. The lowest BCUT2D eigenvalue weighted by Gasteiger charge is -2.10. The van der Waals surface area contributed by atoms with Crippen molar-refractivity contribution < 1.29 is 17.6 Å². The summed E-state index contributed by atoms with van der Waals surface area (Å²) in [5, 5.41) is 0.919. The van der Waals surface area contributed by atoms with E-state index in [0.29, 0.717) is 21.9 Å². The molecule has 22 heavy (non-hydrogen) atoms. The Morgan fingerprint density at radius 2 is 2.00 bits per heavy atom. The fourth-order valence-electron chi connectivity index (χ4n) is 1.99. The minimum Gasteiger partial charge on any atom is -0.468 e. The van der Waals surface area contributed by atoms with Crippen molar-refractivity contribution in [2.75, 3.05) is 0 Å². The lowest BCUT2D eigenvalue weighted by Crippen LogP contribution is -2.11. The SMILES string of the molecule is Cc1ccc2nc(C(F)(F)F)nc(SCc3ccco3)c2c1. The van der Waals surface area contributed by atoms with Crippen LogP contribution >= 0.6 is 11.8 Å². The van der Waals surface area contributed by atoms with Gasteiger partial charge in [-0.3, -0.25) is 0 Å². The molecule has 0 amide bonds. The van der Waals surface area contributed by atoms with Gasteiger partial charge in [-0.25, -0.2) is 9.97 Å². The maximum atomic E-state index is 12.9. The van der Waals surface area contributed by atoms with E-state index in [1.54, 1.807) is 30.3 Å². The zero-order valence-electron chi connectivity index (χ0n) is 11.5. The van der Waals surface area contributed by atoms with Gasteiger partial charge in [0.05, 0.1) is 17.5 Å². The lowest BCUT2D eigenvalue weighted by atomic mass is 10.2. The molecule has 0 N–H and O–H groups in total. The zero-order chi connectivity index (χ0) is 15.7. The smallest absolute Gasteiger partial charge is 0.451 e. The second-order valence-electron chi connectivity index (χ2n) is 4.74. The Balaban J connectivity index is 2.06. The molecule has 114 valence electrons. The Labute approximate surface area is 128 Å². The second kappa shape index (κ2) is 5.64. The number of thioether (sulfide) groups is 1. The van der Waals surface area contributed by atoms with Crippen LogP contribution in [0.3, 0.4) is 0 Å². The van der Waals surface area contributed by atoms with Crippen molar-refractivity contribution in [2.24, 2.45) is 0 Å². The monoisotopic (exact) mass is 324 g/mol. The number of fused-ring (bicyclic) bond motifs is 1. The van der Waals surface area contributed by atoms with Gasteiger partial charge in [-0.2, -0.15) is 13.2 Å². The summed E-state index contributed by atoms with van der Waals surface area (Å²) >= 11 is 1.20. The standard InChI is InChI=1S/C15H11F3N2OS/c1-9-4-5-12-11(7-9)13(20-14(19-12)15(16,17)18)22-8-10-3-2-6-21-10/h2-7H,8H2,1H3. The second-order valence-corrected chi connectivity index (χ2v) is 5.70. The molecule has 0 aliphatic rings. The van der Waals surface area contributed by atoms with E-state index in [-0.39, 0.29) is 5.52 Å². The van der Waals surface area contributed by atoms with Gasteiger partial charge in [-0.05, 0) is 31.2 Å². The van der Waals surface area contributed by atoms with Crippen LogP contribution in [0.15, 0.2) is 46.0 Å². The van der Waals surface area contributed by atoms with Gasteiger partial charge in [0.1, 0.15) is 10.8 Å². The number of halogens is 3. The molecule has 0 spiro atoms. The third-order valence-electron chi connectivity index (χ3n) is 3.00. The Kier molecular flexibility index (Phi) is 3.82. The number of nitrogens with zero attached hydrogens (tertiary/aromatic N) is 2. The van der Waals surface area contributed by atoms with Crippen LogP contribution in [0, 0.1) is 6.92 Å².